The molecule has 334 valence electrons. The van der Waals surface area contributed by atoms with Crippen LogP contribution in [0.5, 0.6) is 17.4 Å². The monoisotopic (exact) mass is 899 g/mol. The Morgan fingerprint density at radius 1 is 0.869 bits per heavy atom. The number of pyridine rings is 1. The van der Waals surface area contributed by atoms with E-state index in [2.05, 4.69) is 20.0 Å². The lowest BCUT2D eigenvalue weighted by Crippen LogP contribution is -2.67. The second kappa shape index (κ2) is 18.7. The van der Waals surface area contributed by atoms with Gasteiger partial charge in [-0.2, -0.15) is 35.1 Å². The summed E-state index contributed by atoms with van der Waals surface area (Å²) >= 11 is -0.0798. The summed E-state index contributed by atoms with van der Waals surface area (Å²) in [5, 5.41) is 10.9. The molecule has 0 bridgehead atoms. The number of hydrogen-bond donors (Lipinski definition) is 2. The van der Waals surface area contributed by atoms with Gasteiger partial charge in [0.2, 0.25) is 18.1 Å². The Morgan fingerprint density at radius 2 is 1.52 bits per heavy atom. The highest BCUT2D eigenvalue weighted by Gasteiger charge is 2.73. The number of rotatable bonds is 16. The molecule has 2 aromatic heterocycles. The third-order valence-electron chi connectivity index (χ3n) is 8.95. The number of thiazole rings is 1. The van der Waals surface area contributed by atoms with E-state index in [-0.39, 0.29) is 57.2 Å². The van der Waals surface area contributed by atoms with E-state index in [0.717, 1.165) is 40.0 Å². The van der Waals surface area contributed by atoms with Crippen molar-refractivity contribution in [3.8, 4) is 17.4 Å². The maximum absolute atomic E-state index is 13.8. The first-order valence-electron chi connectivity index (χ1n) is 18.1. The van der Waals surface area contributed by atoms with E-state index in [0.29, 0.717) is 12.8 Å². The molecule has 15 nitrogen and oxygen atoms in total. The van der Waals surface area contributed by atoms with Gasteiger partial charge >= 0.3 is 42.5 Å². The van der Waals surface area contributed by atoms with Crippen molar-refractivity contribution in [3.05, 3.63) is 63.7 Å². The van der Waals surface area contributed by atoms with Crippen LogP contribution >= 0.6 is 11.3 Å². The van der Waals surface area contributed by atoms with Gasteiger partial charge in [-0.25, -0.2) is 9.97 Å². The fraction of sp³-hybridized carbons (Fsp3) is 0.514. The van der Waals surface area contributed by atoms with Gasteiger partial charge in [0.25, 0.3) is 0 Å². The summed E-state index contributed by atoms with van der Waals surface area (Å²) in [6.45, 7) is 0.510. The van der Waals surface area contributed by atoms with E-state index in [4.69, 9.17) is 28.4 Å². The van der Waals surface area contributed by atoms with E-state index >= 15 is 0 Å². The molecule has 2 N–H and O–H groups in total. The number of nitrogens with zero attached hydrogens (tertiary/aromatic N) is 2. The van der Waals surface area contributed by atoms with Gasteiger partial charge in [-0.05, 0) is 42.5 Å². The Bertz CT molecular complexity index is 2030. The zero-order valence-corrected chi connectivity index (χ0v) is 33.1. The van der Waals surface area contributed by atoms with Gasteiger partial charge in [0.15, 0.2) is 23.7 Å². The van der Waals surface area contributed by atoms with E-state index in [9.17, 15) is 59.4 Å². The van der Waals surface area contributed by atoms with Crippen molar-refractivity contribution >= 4 is 35.2 Å². The van der Waals surface area contributed by atoms with Crippen LogP contribution < -0.4 is 19.5 Å². The molecule has 1 aliphatic carbocycles. The molecule has 3 heterocycles. The van der Waals surface area contributed by atoms with Crippen LogP contribution in [-0.2, 0) is 50.1 Å². The lowest BCUT2D eigenvalue weighted by Gasteiger charge is -2.44. The summed E-state index contributed by atoms with van der Waals surface area (Å²) in [5.74, 6) is -5.05. The predicted molar refractivity (Wildman–Crippen MR) is 189 cm³/mol. The zero-order valence-electron chi connectivity index (χ0n) is 32.3. The van der Waals surface area contributed by atoms with Gasteiger partial charge in [-0.3, -0.25) is 19.2 Å². The van der Waals surface area contributed by atoms with Crippen molar-refractivity contribution in [2.24, 2.45) is 0 Å². The van der Waals surface area contributed by atoms with E-state index in [1.165, 1.54) is 30.5 Å². The third-order valence-corrected chi connectivity index (χ3v) is 10.2. The largest absolute Gasteiger partial charge is 0.487 e. The maximum atomic E-state index is 13.8. The summed E-state index contributed by atoms with van der Waals surface area (Å²) in [6.07, 6.45) is -15.7. The molecule has 2 aliphatic rings. The highest BCUT2D eigenvalue weighted by Crippen LogP contribution is 2.52. The van der Waals surface area contributed by atoms with Gasteiger partial charge in [0.1, 0.15) is 23.8 Å². The molecule has 1 amide bonds. The molecular weight excluding hydrogens is 862 g/mol. The summed E-state index contributed by atoms with van der Waals surface area (Å²) in [6, 6.07) is 4.90. The molecule has 0 unspecified atom stereocenters. The average Bonchev–Trinajstić information content (AvgIpc) is 3.83. The number of aromatic nitrogens is 2. The number of nitrogens with one attached hydrogen (secondary N) is 1. The maximum Gasteiger partial charge on any atom is 0.433 e. The van der Waals surface area contributed by atoms with Gasteiger partial charge in [0.05, 0.1) is 6.10 Å². The van der Waals surface area contributed by atoms with E-state index in [1.807, 2.05) is 0 Å². The Balaban J connectivity index is 1.51. The molecule has 1 saturated heterocycles. The zero-order chi connectivity index (χ0) is 45.0. The molecule has 1 aromatic carbocycles. The number of carbonyl (C=O) groups excluding carboxylic acids is 4. The van der Waals surface area contributed by atoms with Gasteiger partial charge < -0.3 is 43.6 Å². The number of hydrogen-bond acceptors (Lipinski definition) is 15. The first-order valence-corrected chi connectivity index (χ1v) is 18.9. The van der Waals surface area contributed by atoms with Gasteiger partial charge in [-0.1, -0.05) is 12.1 Å². The van der Waals surface area contributed by atoms with Crippen LogP contribution in [0.4, 0.5) is 35.1 Å². The average molecular weight is 900 g/mol. The molecule has 1 aliphatic heterocycles. The first-order chi connectivity index (χ1) is 28.5. The standard InChI is InChI=1S/C37H37F8N3O12S/c1-16(49)48-29-31(56-19(4)52)30(55-18(3)51)26(15-54-17(2)50)58-32(29)60-28-10-5-20(13-46-28)11-23(21-6-9-24(59-34(38)39)25(12-21)57-22-7-8-22)27-14-47-33(61-27)35(53,36(40,41)42)37(43,44)45/h5-6,9-10,12-14,22-23,26,29-32,34,53H,7-8,11,15H2,1-4H3,(H,48,49)/t23-,26+,29+,30+,31+,32-/m0/s1. The van der Waals surface area contributed by atoms with Crippen molar-refractivity contribution in [1.82, 2.24) is 15.3 Å². The second-order valence-corrected chi connectivity index (χ2v) is 14.8. The van der Waals surface area contributed by atoms with Crippen molar-refractivity contribution < 1.29 is 92.6 Å². The number of benzene rings is 1. The molecule has 0 spiro atoms. The van der Waals surface area contributed by atoms with Crippen molar-refractivity contribution in [3.63, 3.8) is 0 Å². The minimum Gasteiger partial charge on any atom is -0.487 e. The van der Waals surface area contributed by atoms with Gasteiger partial charge in [0, 0.05) is 57.0 Å². The Hall–Kier alpha value is -5.36. The number of alkyl halides is 8. The summed E-state index contributed by atoms with van der Waals surface area (Å²) < 4.78 is 148. The number of amides is 1. The van der Waals surface area contributed by atoms with E-state index in [1.54, 1.807) is 0 Å². The minimum absolute atomic E-state index is 0.0798. The smallest absolute Gasteiger partial charge is 0.433 e. The summed E-state index contributed by atoms with van der Waals surface area (Å²) in [4.78, 5) is 55.6. The number of carbonyl (C=O) groups is 4. The number of esters is 3. The highest BCUT2D eigenvalue weighted by atomic mass is 32.1. The highest BCUT2D eigenvalue weighted by molar-refractivity contribution is 7.11. The molecule has 3 aromatic rings. The molecule has 24 heteroatoms. The topological polar surface area (TPSA) is 191 Å². The normalized spacial score (nSPS) is 21.2. The Labute approximate surface area is 344 Å². The number of aliphatic hydroxyl groups is 1. The van der Waals surface area contributed by atoms with Crippen LogP contribution in [-0.4, -0.2) is 101 Å². The summed E-state index contributed by atoms with van der Waals surface area (Å²) in [7, 11) is 0. The van der Waals surface area contributed by atoms with Crippen LogP contribution in [0.3, 0.4) is 0 Å². The van der Waals surface area contributed by atoms with Crippen molar-refractivity contribution in [2.75, 3.05) is 6.61 Å². The fourth-order valence-corrected chi connectivity index (χ4v) is 7.32. The molecular formula is C37H37F8N3O12S. The molecule has 2 fully saturated rings. The van der Waals surface area contributed by atoms with Crippen molar-refractivity contribution in [2.45, 2.75) is 114 Å². The van der Waals surface area contributed by atoms with Crippen LogP contribution in [0.2, 0.25) is 0 Å². The number of halogens is 8. The van der Waals surface area contributed by atoms with Crippen LogP contribution in [0.1, 0.15) is 67.5 Å². The fourth-order valence-electron chi connectivity index (χ4n) is 6.14. The quantitative estimate of drug-likeness (QED) is 0.106. The molecule has 0 radical (unpaired) electrons. The van der Waals surface area contributed by atoms with E-state index < -0.39 is 96.6 Å². The predicted octanol–water partition coefficient (Wildman–Crippen LogP) is 5.40. The van der Waals surface area contributed by atoms with Crippen LogP contribution in [0.15, 0.2) is 42.7 Å². The molecule has 1 saturated carbocycles. The lowest BCUT2D eigenvalue weighted by atomic mass is 9.91. The number of ether oxygens (including phenoxy) is 7. The van der Waals surface area contributed by atoms with Crippen molar-refractivity contribution in [1.29, 1.82) is 0 Å². The molecule has 6 atom stereocenters. The SMILES string of the molecule is CC(=O)N[C@H]1[C@H](Oc2ccc(C[C@@H](c3ccc(OC(F)F)c(OC4CC4)c3)c3cnc(C(O)(C(F)(F)F)C(F)(F)F)s3)cn2)O[C@H](COC(C)=O)[C@@H](OC(C)=O)[C@@H]1OC(C)=O. The Morgan fingerprint density at radius 3 is 2.07 bits per heavy atom. The minimum atomic E-state index is -6.23. The lowest BCUT2D eigenvalue weighted by molar-refractivity contribution is -0.376. The third kappa shape index (κ3) is 11.5. The van der Waals surface area contributed by atoms with Crippen LogP contribution in [0, 0.1) is 0 Å². The molecule has 5 rings (SSSR count). The Kier molecular flexibility index (Phi) is 14.3. The summed E-state index contributed by atoms with van der Waals surface area (Å²) in [5.41, 5.74) is -4.90. The first kappa shape index (κ1) is 46.7. The van der Waals surface area contributed by atoms with Gasteiger partial charge in [-0.15, -0.1) is 11.3 Å². The van der Waals surface area contributed by atoms with Crippen LogP contribution in [0.25, 0.3) is 0 Å². The molecule has 61 heavy (non-hydrogen) atoms. The second-order valence-electron chi connectivity index (χ2n) is 13.8.